The van der Waals surface area contributed by atoms with Crippen molar-refractivity contribution in [2.75, 3.05) is 16.0 Å². The van der Waals surface area contributed by atoms with Gasteiger partial charge in [-0.2, -0.15) is 15.0 Å². The van der Waals surface area contributed by atoms with Gasteiger partial charge in [-0.3, -0.25) is 4.79 Å². The van der Waals surface area contributed by atoms with Crippen molar-refractivity contribution in [1.29, 1.82) is 0 Å². The van der Waals surface area contributed by atoms with E-state index in [9.17, 15) is 4.79 Å². The van der Waals surface area contributed by atoms with Gasteiger partial charge in [0.15, 0.2) is 5.78 Å². The van der Waals surface area contributed by atoms with Gasteiger partial charge in [-0.1, -0.05) is 12.1 Å². The summed E-state index contributed by atoms with van der Waals surface area (Å²) in [7, 11) is 0. The van der Waals surface area contributed by atoms with Crippen molar-refractivity contribution in [2.45, 2.75) is 34.6 Å². The van der Waals surface area contributed by atoms with E-state index in [0.29, 0.717) is 23.4 Å². The number of hydrogen-bond acceptors (Lipinski definition) is 7. The first-order valence-electron chi connectivity index (χ1n) is 11.1. The number of aromatic nitrogens is 3. The van der Waals surface area contributed by atoms with Crippen LogP contribution in [0.5, 0.6) is 0 Å². The molecule has 0 saturated carbocycles. The molecule has 1 heterocycles. The second-order valence-corrected chi connectivity index (χ2v) is 8.41. The molecule has 7 nitrogen and oxygen atoms in total. The molecule has 0 atom stereocenters. The zero-order valence-corrected chi connectivity index (χ0v) is 20.0. The number of hydrogen-bond donors (Lipinski definition) is 3. The Morgan fingerprint density at radius 2 is 0.941 bits per heavy atom. The number of benzene rings is 3. The van der Waals surface area contributed by atoms with Crippen LogP contribution in [0, 0.1) is 27.7 Å². The number of rotatable bonds is 7. The first-order chi connectivity index (χ1) is 16.3. The second-order valence-electron chi connectivity index (χ2n) is 8.41. The Kier molecular flexibility index (Phi) is 6.54. The molecular formula is C27H28N6O. The number of anilines is 6. The molecule has 0 fully saturated rings. The van der Waals surface area contributed by atoms with E-state index < -0.39 is 0 Å². The summed E-state index contributed by atoms with van der Waals surface area (Å²) in [5, 5.41) is 9.77. The number of ketones is 1. The van der Waals surface area contributed by atoms with Gasteiger partial charge in [0.1, 0.15) is 0 Å². The summed E-state index contributed by atoms with van der Waals surface area (Å²) in [6, 6.07) is 19.4. The van der Waals surface area contributed by atoms with Gasteiger partial charge in [0.25, 0.3) is 0 Å². The lowest BCUT2D eigenvalue weighted by atomic mass is 10.1. The average Bonchev–Trinajstić information content (AvgIpc) is 2.79. The molecule has 0 aliphatic rings. The molecule has 3 aromatic carbocycles. The van der Waals surface area contributed by atoms with Crippen molar-refractivity contribution < 1.29 is 4.79 Å². The lowest BCUT2D eigenvalue weighted by Crippen LogP contribution is -2.07. The molecule has 3 N–H and O–H groups in total. The van der Waals surface area contributed by atoms with Crippen molar-refractivity contribution >= 4 is 40.7 Å². The summed E-state index contributed by atoms with van der Waals surface area (Å²) in [6.07, 6.45) is 0. The molecule has 0 aliphatic carbocycles. The fourth-order valence-electron chi connectivity index (χ4n) is 3.36. The Hall–Kier alpha value is -4.26. The Morgan fingerprint density at radius 1 is 0.559 bits per heavy atom. The normalized spacial score (nSPS) is 10.6. The molecule has 0 unspecified atom stereocenters. The van der Waals surface area contributed by atoms with Crippen LogP contribution in [-0.2, 0) is 0 Å². The molecule has 7 heteroatoms. The van der Waals surface area contributed by atoms with Crippen molar-refractivity contribution in [2.24, 2.45) is 0 Å². The van der Waals surface area contributed by atoms with Crippen LogP contribution < -0.4 is 16.0 Å². The molecule has 0 radical (unpaired) electrons. The molecule has 0 bridgehead atoms. The predicted octanol–water partition coefficient (Wildman–Crippen LogP) is 6.54. The Bertz CT molecular complexity index is 1280. The number of aryl methyl sites for hydroxylation is 4. The fraction of sp³-hybridized carbons (Fsp3) is 0.185. The van der Waals surface area contributed by atoms with Gasteiger partial charge in [0.05, 0.1) is 0 Å². The van der Waals surface area contributed by atoms with Crippen LogP contribution in [0.3, 0.4) is 0 Å². The minimum Gasteiger partial charge on any atom is -0.324 e. The molecule has 172 valence electrons. The van der Waals surface area contributed by atoms with E-state index in [-0.39, 0.29) is 5.78 Å². The van der Waals surface area contributed by atoms with E-state index in [1.807, 2.05) is 24.3 Å². The number of carbonyl (C=O) groups excluding carboxylic acids is 1. The van der Waals surface area contributed by atoms with Gasteiger partial charge in [-0.15, -0.1) is 0 Å². The maximum atomic E-state index is 11.6. The van der Waals surface area contributed by atoms with Gasteiger partial charge in [-0.25, -0.2) is 0 Å². The highest BCUT2D eigenvalue weighted by Crippen LogP contribution is 2.23. The number of Topliss-reactive ketones (excluding diaryl/α,β-unsaturated/α-hetero) is 1. The largest absolute Gasteiger partial charge is 0.324 e. The summed E-state index contributed by atoms with van der Waals surface area (Å²) in [5.41, 5.74) is 7.99. The molecule has 4 aromatic rings. The maximum Gasteiger partial charge on any atom is 0.233 e. The average molecular weight is 453 g/mol. The third-order valence-corrected chi connectivity index (χ3v) is 5.71. The number of nitrogens with zero attached hydrogens (tertiary/aromatic N) is 3. The molecule has 1 aromatic heterocycles. The lowest BCUT2D eigenvalue weighted by Gasteiger charge is -2.13. The third kappa shape index (κ3) is 5.56. The Labute approximate surface area is 199 Å². The molecular weight excluding hydrogens is 424 g/mol. The smallest absolute Gasteiger partial charge is 0.233 e. The van der Waals surface area contributed by atoms with Crippen molar-refractivity contribution in [3.63, 3.8) is 0 Å². The van der Waals surface area contributed by atoms with Crippen LogP contribution in [0.4, 0.5) is 34.9 Å². The van der Waals surface area contributed by atoms with Crippen molar-refractivity contribution in [3.05, 3.63) is 88.5 Å². The van der Waals surface area contributed by atoms with Crippen LogP contribution in [0.15, 0.2) is 60.7 Å². The van der Waals surface area contributed by atoms with Gasteiger partial charge < -0.3 is 16.0 Å². The van der Waals surface area contributed by atoms with Crippen LogP contribution in [0.1, 0.15) is 39.5 Å². The van der Waals surface area contributed by atoms with Gasteiger partial charge in [0, 0.05) is 22.6 Å². The summed E-state index contributed by atoms with van der Waals surface area (Å²) in [5.74, 6) is 1.22. The molecule has 4 rings (SSSR count). The summed E-state index contributed by atoms with van der Waals surface area (Å²) in [4.78, 5) is 25.3. The fourth-order valence-corrected chi connectivity index (χ4v) is 3.36. The summed E-state index contributed by atoms with van der Waals surface area (Å²) < 4.78 is 0. The number of nitrogens with one attached hydrogen (secondary N) is 3. The number of carbonyl (C=O) groups is 1. The minimum absolute atomic E-state index is 0.0199. The maximum absolute atomic E-state index is 11.6. The monoisotopic (exact) mass is 452 g/mol. The SMILES string of the molecule is CC(=O)c1ccc(Nc2nc(Nc3ccc(C)c(C)c3)nc(Nc3ccc(C)c(C)c3)n2)cc1. The third-order valence-electron chi connectivity index (χ3n) is 5.71. The van der Waals surface area contributed by atoms with E-state index in [4.69, 9.17) is 0 Å². The molecule has 34 heavy (non-hydrogen) atoms. The molecule has 0 saturated heterocycles. The first-order valence-corrected chi connectivity index (χ1v) is 11.1. The zero-order chi connectivity index (χ0) is 24.2. The molecule has 0 amide bonds. The van der Waals surface area contributed by atoms with Crippen LogP contribution in [-0.4, -0.2) is 20.7 Å². The topological polar surface area (TPSA) is 91.8 Å². The van der Waals surface area contributed by atoms with Crippen LogP contribution >= 0.6 is 0 Å². The summed E-state index contributed by atoms with van der Waals surface area (Å²) in [6.45, 7) is 9.83. The highest BCUT2D eigenvalue weighted by atomic mass is 16.1. The standard InChI is InChI=1S/C27H28N6O/c1-16-6-10-23(14-18(16)3)29-26-31-25(28-22-12-8-21(9-13-22)20(5)34)32-27(33-26)30-24-11-7-17(2)19(4)15-24/h6-15H,1-5H3,(H3,28,29,30,31,32,33). The molecule has 0 spiro atoms. The van der Waals surface area contributed by atoms with Crippen molar-refractivity contribution in [3.8, 4) is 0 Å². The second kappa shape index (κ2) is 9.70. The first kappa shape index (κ1) is 22.9. The van der Waals surface area contributed by atoms with Gasteiger partial charge in [-0.05, 0) is 105 Å². The Balaban J connectivity index is 1.66. The lowest BCUT2D eigenvalue weighted by molar-refractivity contribution is 0.101. The minimum atomic E-state index is 0.0199. The highest BCUT2D eigenvalue weighted by molar-refractivity contribution is 5.94. The summed E-state index contributed by atoms with van der Waals surface area (Å²) >= 11 is 0. The predicted molar refractivity (Wildman–Crippen MR) is 138 cm³/mol. The zero-order valence-electron chi connectivity index (χ0n) is 20.0. The highest BCUT2D eigenvalue weighted by Gasteiger charge is 2.10. The van der Waals surface area contributed by atoms with E-state index in [1.165, 1.54) is 22.3 Å². The van der Waals surface area contributed by atoms with Crippen molar-refractivity contribution in [1.82, 2.24) is 15.0 Å². The van der Waals surface area contributed by atoms with E-state index in [1.54, 1.807) is 19.1 Å². The Morgan fingerprint density at radius 3 is 1.32 bits per heavy atom. The van der Waals surface area contributed by atoms with E-state index in [0.717, 1.165) is 17.1 Å². The van der Waals surface area contributed by atoms with E-state index >= 15 is 0 Å². The van der Waals surface area contributed by atoms with Crippen LogP contribution in [0.25, 0.3) is 0 Å². The van der Waals surface area contributed by atoms with Crippen LogP contribution in [0.2, 0.25) is 0 Å². The quantitative estimate of drug-likeness (QED) is 0.274. The van der Waals surface area contributed by atoms with Gasteiger partial charge >= 0.3 is 0 Å². The van der Waals surface area contributed by atoms with Gasteiger partial charge in [0.2, 0.25) is 17.8 Å². The molecule has 0 aliphatic heterocycles. The van der Waals surface area contributed by atoms with E-state index in [2.05, 4.69) is 82.9 Å².